The van der Waals surface area contributed by atoms with Gasteiger partial charge in [0.1, 0.15) is 0 Å². The zero-order valence-electron chi connectivity index (χ0n) is 16.0. The Morgan fingerprint density at radius 3 is 2.21 bits per heavy atom. The fourth-order valence-electron chi connectivity index (χ4n) is 2.83. The Morgan fingerprint density at radius 2 is 1.69 bits per heavy atom. The van der Waals surface area contributed by atoms with Crippen molar-refractivity contribution in [3.8, 4) is 5.69 Å². The maximum Gasteiger partial charge on any atom is 0.255 e. The molecule has 0 fully saturated rings. The van der Waals surface area contributed by atoms with Gasteiger partial charge in [-0.2, -0.15) is 9.40 Å². The molecule has 0 radical (unpaired) electrons. The van der Waals surface area contributed by atoms with Crippen LogP contribution < -0.4 is 5.32 Å². The van der Waals surface area contributed by atoms with E-state index in [2.05, 4.69) is 26.3 Å². The van der Waals surface area contributed by atoms with E-state index in [0.717, 1.165) is 10.2 Å². The molecular formula is C20H21BrN4O3S. The van der Waals surface area contributed by atoms with Gasteiger partial charge >= 0.3 is 0 Å². The zero-order valence-corrected chi connectivity index (χ0v) is 18.4. The Morgan fingerprint density at radius 1 is 1.07 bits per heavy atom. The van der Waals surface area contributed by atoms with Gasteiger partial charge in [0.15, 0.2) is 0 Å². The second kappa shape index (κ2) is 8.89. The molecule has 0 saturated heterocycles. The van der Waals surface area contributed by atoms with E-state index in [1.165, 1.54) is 16.4 Å². The Balaban J connectivity index is 1.71. The maximum atomic E-state index is 12.5. The predicted molar refractivity (Wildman–Crippen MR) is 116 cm³/mol. The van der Waals surface area contributed by atoms with Crippen LogP contribution >= 0.6 is 15.9 Å². The molecule has 1 heterocycles. The third kappa shape index (κ3) is 4.75. The van der Waals surface area contributed by atoms with Gasteiger partial charge in [-0.25, -0.2) is 13.1 Å². The molecule has 3 rings (SSSR count). The summed E-state index contributed by atoms with van der Waals surface area (Å²) in [5.41, 5.74) is 1.84. The van der Waals surface area contributed by atoms with Gasteiger partial charge in [0.05, 0.1) is 21.3 Å². The fraction of sp³-hybridized carbons (Fsp3) is 0.200. The van der Waals surface area contributed by atoms with Gasteiger partial charge in [0.25, 0.3) is 5.91 Å². The summed E-state index contributed by atoms with van der Waals surface area (Å²) >= 11 is 3.35. The highest BCUT2D eigenvalue weighted by Gasteiger charge is 2.21. The van der Waals surface area contributed by atoms with Gasteiger partial charge < -0.3 is 5.32 Å². The lowest BCUT2D eigenvalue weighted by Crippen LogP contribution is -2.30. The number of carbonyl (C=O) groups is 1. The second-order valence-electron chi connectivity index (χ2n) is 6.22. The van der Waals surface area contributed by atoms with E-state index in [4.69, 9.17) is 0 Å². The Hall–Kier alpha value is -2.49. The number of aromatic nitrogens is 2. The van der Waals surface area contributed by atoms with Crippen molar-refractivity contribution in [2.75, 3.05) is 18.4 Å². The van der Waals surface area contributed by atoms with Crippen molar-refractivity contribution in [2.24, 2.45) is 0 Å². The van der Waals surface area contributed by atoms with Crippen LogP contribution in [0.25, 0.3) is 5.69 Å². The largest absolute Gasteiger partial charge is 0.322 e. The lowest BCUT2D eigenvalue weighted by molar-refractivity contribution is 0.102. The van der Waals surface area contributed by atoms with Gasteiger partial charge in [-0.1, -0.05) is 13.8 Å². The van der Waals surface area contributed by atoms with Crippen LogP contribution in [0.15, 0.2) is 70.3 Å². The molecule has 0 unspecified atom stereocenters. The van der Waals surface area contributed by atoms with Crippen LogP contribution in [0.4, 0.5) is 5.69 Å². The first-order valence-electron chi connectivity index (χ1n) is 9.07. The van der Waals surface area contributed by atoms with Crippen molar-refractivity contribution >= 4 is 37.5 Å². The van der Waals surface area contributed by atoms with Crippen molar-refractivity contribution in [3.63, 3.8) is 0 Å². The molecule has 29 heavy (non-hydrogen) atoms. The summed E-state index contributed by atoms with van der Waals surface area (Å²) in [6.45, 7) is 4.41. The SMILES string of the molecule is CCN(CC)S(=O)(=O)c1ccc(NC(=O)c2ccc(-n3cc(Br)cn3)cc2)cc1. The molecule has 0 aliphatic rings. The number of nitrogens with zero attached hydrogens (tertiary/aromatic N) is 3. The molecule has 0 aliphatic heterocycles. The van der Waals surface area contributed by atoms with Crippen LogP contribution in [0, 0.1) is 0 Å². The molecule has 1 N–H and O–H groups in total. The molecule has 0 aliphatic carbocycles. The first kappa shape index (κ1) is 21.2. The third-order valence-electron chi connectivity index (χ3n) is 4.40. The van der Waals surface area contributed by atoms with Crippen LogP contribution in [0.1, 0.15) is 24.2 Å². The number of hydrogen-bond donors (Lipinski definition) is 1. The summed E-state index contributed by atoms with van der Waals surface area (Å²) in [6, 6.07) is 13.2. The molecule has 0 saturated carbocycles. The highest BCUT2D eigenvalue weighted by molar-refractivity contribution is 9.10. The summed E-state index contributed by atoms with van der Waals surface area (Å²) < 4.78 is 29.0. The van der Waals surface area contributed by atoms with E-state index in [1.54, 1.807) is 61.1 Å². The second-order valence-corrected chi connectivity index (χ2v) is 9.07. The minimum Gasteiger partial charge on any atom is -0.322 e. The van der Waals surface area contributed by atoms with Crippen LogP contribution in [0.3, 0.4) is 0 Å². The topological polar surface area (TPSA) is 84.3 Å². The highest BCUT2D eigenvalue weighted by atomic mass is 79.9. The van der Waals surface area contributed by atoms with E-state index >= 15 is 0 Å². The van der Waals surface area contributed by atoms with Gasteiger partial charge in [0.2, 0.25) is 10.0 Å². The van der Waals surface area contributed by atoms with Crippen LogP contribution in [-0.4, -0.2) is 41.5 Å². The maximum absolute atomic E-state index is 12.5. The number of rotatable bonds is 7. The number of benzene rings is 2. The molecule has 0 atom stereocenters. The number of sulfonamides is 1. The quantitative estimate of drug-likeness (QED) is 0.559. The monoisotopic (exact) mass is 476 g/mol. The lowest BCUT2D eigenvalue weighted by Gasteiger charge is -2.18. The Labute approximate surface area is 178 Å². The summed E-state index contributed by atoms with van der Waals surface area (Å²) in [6.07, 6.45) is 3.51. The van der Waals surface area contributed by atoms with Crippen LogP contribution in [0.2, 0.25) is 0 Å². The van der Waals surface area contributed by atoms with Crippen LogP contribution in [0.5, 0.6) is 0 Å². The molecule has 9 heteroatoms. The number of halogens is 1. The molecule has 0 spiro atoms. The first-order valence-corrected chi connectivity index (χ1v) is 11.3. The van der Waals surface area contributed by atoms with Crippen molar-refractivity contribution < 1.29 is 13.2 Å². The number of nitrogens with one attached hydrogen (secondary N) is 1. The zero-order chi connectivity index (χ0) is 21.0. The molecule has 1 aromatic heterocycles. The predicted octanol–water partition coefficient (Wildman–Crippen LogP) is 3.92. The Kier molecular flexibility index (Phi) is 6.51. The normalized spacial score (nSPS) is 11.6. The minimum absolute atomic E-state index is 0.203. The van der Waals surface area contributed by atoms with Crippen LogP contribution in [-0.2, 0) is 10.0 Å². The molecule has 1 amide bonds. The van der Waals surface area contributed by atoms with E-state index in [0.29, 0.717) is 24.3 Å². The van der Waals surface area contributed by atoms with Gasteiger partial charge in [-0.3, -0.25) is 4.79 Å². The van der Waals surface area contributed by atoms with Gasteiger partial charge in [-0.05, 0) is 64.5 Å². The molecule has 7 nitrogen and oxygen atoms in total. The first-order chi connectivity index (χ1) is 13.8. The summed E-state index contributed by atoms with van der Waals surface area (Å²) in [5.74, 6) is -0.280. The van der Waals surface area contributed by atoms with Gasteiger partial charge in [-0.15, -0.1) is 0 Å². The van der Waals surface area contributed by atoms with Crippen molar-refractivity contribution in [1.82, 2.24) is 14.1 Å². The van der Waals surface area contributed by atoms with Crippen molar-refractivity contribution in [1.29, 1.82) is 0 Å². The number of carbonyl (C=O) groups excluding carboxylic acids is 1. The summed E-state index contributed by atoms with van der Waals surface area (Å²) in [4.78, 5) is 12.7. The summed E-state index contributed by atoms with van der Waals surface area (Å²) in [7, 11) is -3.52. The molecular weight excluding hydrogens is 456 g/mol. The average molecular weight is 477 g/mol. The van der Waals surface area contributed by atoms with Gasteiger partial charge in [0, 0.05) is 30.5 Å². The number of hydrogen-bond acceptors (Lipinski definition) is 4. The lowest BCUT2D eigenvalue weighted by atomic mass is 10.2. The number of anilines is 1. The molecule has 0 bridgehead atoms. The standard InChI is InChI=1S/C20H21BrN4O3S/c1-3-24(4-2)29(27,28)19-11-7-17(8-12-19)23-20(26)15-5-9-18(10-6-15)25-14-16(21)13-22-25/h5-14H,3-4H2,1-2H3,(H,23,26). The van der Waals surface area contributed by atoms with E-state index in [9.17, 15) is 13.2 Å². The van der Waals surface area contributed by atoms with E-state index < -0.39 is 10.0 Å². The fourth-order valence-corrected chi connectivity index (χ4v) is 4.58. The third-order valence-corrected chi connectivity index (χ3v) is 6.87. The number of amides is 1. The minimum atomic E-state index is -3.52. The molecule has 2 aromatic carbocycles. The smallest absolute Gasteiger partial charge is 0.255 e. The Bertz CT molecular complexity index is 1090. The van der Waals surface area contributed by atoms with E-state index in [1.807, 2.05) is 6.20 Å². The van der Waals surface area contributed by atoms with Crippen molar-refractivity contribution in [3.05, 3.63) is 71.0 Å². The summed E-state index contributed by atoms with van der Waals surface area (Å²) in [5, 5.41) is 6.98. The van der Waals surface area contributed by atoms with Crippen molar-refractivity contribution in [2.45, 2.75) is 18.7 Å². The van der Waals surface area contributed by atoms with E-state index in [-0.39, 0.29) is 10.8 Å². The highest BCUT2D eigenvalue weighted by Crippen LogP contribution is 2.19. The molecule has 152 valence electrons. The average Bonchev–Trinajstić information content (AvgIpc) is 3.15. The molecule has 3 aromatic rings.